The van der Waals surface area contributed by atoms with E-state index >= 15 is 0 Å². The SMILES string of the molecule is Cc1ccsc1/C=C/C(=O)c1ccc(OCC#N)cc1. The van der Waals surface area contributed by atoms with Gasteiger partial charge in [0.15, 0.2) is 12.4 Å². The third kappa shape index (κ3) is 3.56. The Kier molecular flexibility index (Phi) is 4.70. The molecule has 0 saturated heterocycles. The lowest BCUT2D eigenvalue weighted by Gasteiger charge is -2.01. The molecule has 0 amide bonds. The molecule has 0 fully saturated rings. The van der Waals surface area contributed by atoms with E-state index in [1.165, 1.54) is 5.56 Å². The Bertz CT molecular complexity index is 663. The molecule has 0 atom stereocenters. The third-order valence-electron chi connectivity index (χ3n) is 2.73. The number of hydrogen-bond acceptors (Lipinski definition) is 4. The van der Waals surface area contributed by atoms with E-state index < -0.39 is 0 Å². The lowest BCUT2D eigenvalue weighted by Crippen LogP contribution is -1.96. The van der Waals surface area contributed by atoms with Gasteiger partial charge in [0.2, 0.25) is 0 Å². The van der Waals surface area contributed by atoms with Gasteiger partial charge in [-0.2, -0.15) is 5.26 Å². The number of thiophene rings is 1. The van der Waals surface area contributed by atoms with Crippen LogP contribution in [-0.2, 0) is 0 Å². The summed E-state index contributed by atoms with van der Waals surface area (Å²) in [5, 5.41) is 10.4. The molecule has 0 aliphatic heterocycles. The van der Waals surface area contributed by atoms with E-state index in [2.05, 4.69) is 0 Å². The van der Waals surface area contributed by atoms with Crippen molar-refractivity contribution < 1.29 is 9.53 Å². The zero-order valence-electron chi connectivity index (χ0n) is 11.0. The van der Waals surface area contributed by atoms with E-state index in [9.17, 15) is 4.79 Å². The van der Waals surface area contributed by atoms with Crippen LogP contribution in [0.25, 0.3) is 6.08 Å². The number of hydrogen-bond donors (Lipinski definition) is 0. The molecule has 0 aliphatic rings. The van der Waals surface area contributed by atoms with E-state index in [4.69, 9.17) is 10.00 Å². The number of ketones is 1. The van der Waals surface area contributed by atoms with Gasteiger partial charge in [-0.15, -0.1) is 11.3 Å². The number of allylic oxidation sites excluding steroid dienone is 1. The van der Waals surface area contributed by atoms with Crippen LogP contribution in [0.2, 0.25) is 0 Å². The van der Waals surface area contributed by atoms with Gasteiger partial charge in [0.1, 0.15) is 11.8 Å². The molecule has 2 rings (SSSR count). The van der Waals surface area contributed by atoms with Gasteiger partial charge in [0, 0.05) is 10.4 Å². The molecule has 100 valence electrons. The summed E-state index contributed by atoms with van der Waals surface area (Å²) < 4.78 is 5.14. The maximum Gasteiger partial charge on any atom is 0.185 e. The number of rotatable bonds is 5. The zero-order chi connectivity index (χ0) is 14.4. The average Bonchev–Trinajstić information content (AvgIpc) is 2.88. The van der Waals surface area contributed by atoms with Gasteiger partial charge in [-0.05, 0) is 60.4 Å². The first-order valence-corrected chi connectivity index (χ1v) is 6.95. The predicted molar refractivity (Wildman–Crippen MR) is 80.0 cm³/mol. The van der Waals surface area contributed by atoms with Crippen LogP contribution in [0.3, 0.4) is 0 Å². The van der Waals surface area contributed by atoms with E-state index in [-0.39, 0.29) is 12.4 Å². The Labute approximate surface area is 121 Å². The van der Waals surface area contributed by atoms with Gasteiger partial charge >= 0.3 is 0 Å². The molecule has 0 spiro atoms. The summed E-state index contributed by atoms with van der Waals surface area (Å²) in [6.07, 6.45) is 3.41. The van der Waals surface area contributed by atoms with E-state index in [0.717, 1.165) is 4.88 Å². The maximum absolute atomic E-state index is 12.0. The standard InChI is InChI=1S/C16H13NO2S/c1-12-8-11-20-16(12)7-6-15(18)13-2-4-14(5-3-13)19-10-9-17/h2-8,11H,10H2,1H3/b7-6+. The van der Waals surface area contributed by atoms with Crippen molar-refractivity contribution in [1.29, 1.82) is 5.26 Å². The quantitative estimate of drug-likeness (QED) is 0.618. The van der Waals surface area contributed by atoms with Gasteiger partial charge in [0.25, 0.3) is 0 Å². The minimum Gasteiger partial charge on any atom is -0.479 e. The van der Waals surface area contributed by atoms with Crippen LogP contribution in [0.15, 0.2) is 41.8 Å². The van der Waals surface area contributed by atoms with E-state index in [1.807, 2.05) is 30.5 Å². The summed E-state index contributed by atoms with van der Waals surface area (Å²) >= 11 is 1.61. The normalized spacial score (nSPS) is 10.4. The highest BCUT2D eigenvalue weighted by molar-refractivity contribution is 7.11. The highest BCUT2D eigenvalue weighted by Gasteiger charge is 2.03. The lowest BCUT2D eigenvalue weighted by molar-refractivity contribution is 0.104. The smallest absolute Gasteiger partial charge is 0.185 e. The molecule has 20 heavy (non-hydrogen) atoms. The number of ether oxygens (including phenoxy) is 1. The van der Waals surface area contributed by atoms with Gasteiger partial charge in [-0.3, -0.25) is 4.79 Å². The molecule has 1 aromatic heterocycles. The fraction of sp³-hybridized carbons (Fsp3) is 0.125. The van der Waals surface area contributed by atoms with Crippen molar-refractivity contribution in [2.24, 2.45) is 0 Å². The summed E-state index contributed by atoms with van der Waals surface area (Å²) in [5.41, 5.74) is 1.76. The Hall–Kier alpha value is -2.38. The van der Waals surface area contributed by atoms with Crippen LogP contribution in [0.4, 0.5) is 0 Å². The number of nitriles is 1. The largest absolute Gasteiger partial charge is 0.479 e. The zero-order valence-corrected chi connectivity index (χ0v) is 11.8. The first-order chi connectivity index (χ1) is 9.70. The minimum atomic E-state index is -0.0513. The Morgan fingerprint density at radius 1 is 1.35 bits per heavy atom. The topological polar surface area (TPSA) is 50.1 Å². The molecule has 2 aromatic rings. The molecule has 4 heteroatoms. The maximum atomic E-state index is 12.0. The summed E-state index contributed by atoms with van der Waals surface area (Å²) in [6, 6.07) is 10.7. The molecule has 0 unspecified atom stereocenters. The van der Waals surface area contributed by atoms with E-state index in [1.54, 1.807) is 41.7 Å². The molecule has 0 aliphatic carbocycles. The number of carbonyl (C=O) groups excluding carboxylic acids is 1. The van der Waals surface area contributed by atoms with Crippen LogP contribution in [0.5, 0.6) is 5.75 Å². The molecule has 0 bridgehead atoms. The van der Waals surface area contributed by atoms with Gasteiger partial charge < -0.3 is 4.74 Å². The molecular weight excluding hydrogens is 270 g/mol. The molecule has 3 nitrogen and oxygen atoms in total. The van der Waals surface area contributed by atoms with Crippen LogP contribution < -0.4 is 4.74 Å². The predicted octanol–water partition coefficient (Wildman–Crippen LogP) is 3.86. The van der Waals surface area contributed by atoms with Crippen LogP contribution in [0.1, 0.15) is 20.8 Å². The Morgan fingerprint density at radius 2 is 2.10 bits per heavy atom. The van der Waals surface area contributed by atoms with E-state index in [0.29, 0.717) is 11.3 Å². The lowest BCUT2D eigenvalue weighted by atomic mass is 10.1. The highest BCUT2D eigenvalue weighted by Crippen LogP contribution is 2.18. The molecule has 1 heterocycles. The first-order valence-electron chi connectivity index (χ1n) is 6.07. The van der Waals surface area contributed by atoms with Crippen molar-refractivity contribution in [3.8, 4) is 11.8 Å². The van der Waals surface area contributed by atoms with Crippen molar-refractivity contribution in [2.75, 3.05) is 6.61 Å². The Morgan fingerprint density at radius 3 is 2.70 bits per heavy atom. The molecule has 1 aromatic carbocycles. The van der Waals surface area contributed by atoms with Gasteiger partial charge in [0.05, 0.1) is 0 Å². The number of nitrogens with zero attached hydrogens (tertiary/aromatic N) is 1. The summed E-state index contributed by atoms with van der Waals surface area (Å²) in [4.78, 5) is 13.1. The van der Waals surface area contributed by atoms with Crippen LogP contribution >= 0.6 is 11.3 Å². The number of benzene rings is 1. The molecule has 0 saturated carbocycles. The van der Waals surface area contributed by atoms with Crippen LogP contribution in [-0.4, -0.2) is 12.4 Å². The Balaban J connectivity index is 2.04. The summed E-state index contributed by atoms with van der Waals surface area (Å²) in [7, 11) is 0. The van der Waals surface area contributed by atoms with Crippen molar-refractivity contribution in [1.82, 2.24) is 0 Å². The number of carbonyl (C=O) groups is 1. The van der Waals surface area contributed by atoms with Crippen molar-refractivity contribution >= 4 is 23.2 Å². The highest BCUT2D eigenvalue weighted by atomic mass is 32.1. The van der Waals surface area contributed by atoms with Crippen LogP contribution in [0, 0.1) is 18.3 Å². The summed E-state index contributed by atoms with van der Waals surface area (Å²) in [5.74, 6) is 0.533. The van der Waals surface area contributed by atoms with Crippen molar-refractivity contribution in [2.45, 2.75) is 6.92 Å². The molecule has 0 N–H and O–H groups in total. The summed E-state index contributed by atoms with van der Waals surface area (Å²) in [6.45, 7) is 2.02. The molecular formula is C16H13NO2S. The fourth-order valence-electron chi connectivity index (χ4n) is 1.63. The molecule has 0 radical (unpaired) electrons. The first kappa shape index (κ1) is 14.0. The van der Waals surface area contributed by atoms with Gasteiger partial charge in [-0.1, -0.05) is 0 Å². The van der Waals surface area contributed by atoms with Crippen molar-refractivity contribution in [3.05, 3.63) is 57.8 Å². The monoisotopic (exact) mass is 283 g/mol. The second-order valence-corrected chi connectivity index (χ2v) is 5.08. The minimum absolute atomic E-state index is 0.00481. The third-order valence-corrected chi connectivity index (χ3v) is 3.71. The average molecular weight is 283 g/mol. The van der Waals surface area contributed by atoms with Crippen molar-refractivity contribution in [3.63, 3.8) is 0 Å². The fourth-order valence-corrected chi connectivity index (χ4v) is 2.45. The van der Waals surface area contributed by atoms with Gasteiger partial charge in [-0.25, -0.2) is 0 Å². The second kappa shape index (κ2) is 6.69. The number of aryl methyl sites for hydroxylation is 1. The second-order valence-electron chi connectivity index (χ2n) is 4.14.